The van der Waals surface area contributed by atoms with Crippen LogP contribution in [0.2, 0.25) is 0 Å². The van der Waals surface area contributed by atoms with Gasteiger partial charge in [0.15, 0.2) is 0 Å². The number of hydrogen-bond donors (Lipinski definition) is 0. The fourth-order valence-electron chi connectivity index (χ4n) is 1.69. The lowest BCUT2D eigenvalue weighted by atomic mass is 10.1. The highest BCUT2D eigenvalue weighted by atomic mass is 35.5. The van der Waals surface area contributed by atoms with Crippen molar-refractivity contribution in [1.82, 2.24) is 0 Å². The number of rotatable bonds is 11. The normalized spacial score (nSPS) is 10.5. The van der Waals surface area contributed by atoms with E-state index in [4.69, 9.17) is 11.6 Å². The number of hydrogen-bond acceptors (Lipinski definition) is 1. The molecule has 0 aromatic carbocycles. The SMILES string of the molecule is CCCCCCCCCCC(=O)CCCl. The number of Topliss-reactive ketones (excluding diaryl/α,β-unsaturated/α-hetero) is 1. The van der Waals surface area contributed by atoms with Crippen molar-refractivity contribution in [2.24, 2.45) is 0 Å². The van der Waals surface area contributed by atoms with Gasteiger partial charge in [0.2, 0.25) is 0 Å². The van der Waals surface area contributed by atoms with Gasteiger partial charge < -0.3 is 0 Å². The van der Waals surface area contributed by atoms with Gasteiger partial charge >= 0.3 is 0 Å². The van der Waals surface area contributed by atoms with E-state index in [0.29, 0.717) is 18.1 Å². The molecule has 0 aromatic rings. The average Bonchev–Trinajstić information content (AvgIpc) is 2.22. The number of carbonyl (C=O) groups excluding carboxylic acids is 1. The number of alkyl halides is 1. The van der Waals surface area contributed by atoms with Crippen LogP contribution in [0, 0.1) is 0 Å². The van der Waals surface area contributed by atoms with E-state index < -0.39 is 0 Å². The summed E-state index contributed by atoms with van der Waals surface area (Å²) >= 11 is 5.49. The standard InChI is InChI=1S/C13H25ClO/c1-2-3-4-5-6-7-8-9-10-13(15)11-12-14/h2-12H2,1H3. The molecule has 0 aromatic heterocycles. The Kier molecular flexibility index (Phi) is 12.0. The summed E-state index contributed by atoms with van der Waals surface area (Å²) in [5.41, 5.74) is 0. The first-order valence-electron chi connectivity index (χ1n) is 6.39. The summed E-state index contributed by atoms with van der Waals surface area (Å²) in [7, 11) is 0. The third kappa shape index (κ3) is 11.9. The highest BCUT2D eigenvalue weighted by Gasteiger charge is 1.99. The van der Waals surface area contributed by atoms with Gasteiger partial charge in [-0.1, -0.05) is 51.9 Å². The van der Waals surface area contributed by atoms with Gasteiger partial charge in [-0.3, -0.25) is 4.79 Å². The Bertz CT molecular complexity index is 145. The van der Waals surface area contributed by atoms with Gasteiger partial charge in [0.25, 0.3) is 0 Å². The summed E-state index contributed by atoms with van der Waals surface area (Å²) in [6, 6.07) is 0. The van der Waals surface area contributed by atoms with E-state index in [1.165, 1.54) is 44.9 Å². The van der Waals surface area contributed by atoms with Crippen molar-refractivity contribution in [3.63, 3.8) is 0 Å². The van der Waals surface area contributed by atoms with Gasteiger partial charge in [-0.05, 0) is 6.42 Å². The van der Waals surface area contributed by atoms with Crippen LogP contribution in [-0.4, -0.2) is 11.7 Å². The van der Waals surface area contributed by atoms with Gasteiger partial charge in [-0.15, -0.1) is 11.6 Å². The van der Waals surface area contributed by atoms with Crippen LogP contribution in [0.4, 0.5) is 0 Å². The highest BCUT2D eigenvalue weighted by molar-refractivity contribution is 6.19. The highest BCUT2D eigenvalue weighted by Crippen LogP contribution is 2.10. The second-order valence-corrected chi connectivity index (χ2v) is 4.58. The van der Waals surface area contributed by atoms with Crippen molar-refractivity contribution in [2.75, 3.05) is 5.88 Å². The van der Waals surface area contributed by atoms with Gasteiger partial charge in [-0.25, -0.2) is 0 Å². The van der Waals surface area contributed by atoms with E-state index in [-0.39, 0.29) is 0 Å². The maximum absolute atomic E-state index is 11.1. The first-order chi connectivity index (χ1) is 7.31. The Balaban J connectivity index is 3.01. The Hall–Kier alpha value is -0.0400. The molecule has 0 aliphatic rings. The number of ketones is 1. The van der Waals surface area contributed by atoms with Crippen LogP contribution in [-0.2, 0) is 4.79 Å². The molecule has 15 heavy (non-hydrogen) atoms. The molecular weight excluding hydrogens is 208 g/mol. The van der Waals surface area contributed by atoms with Crippen LogP contribution >= 0.6 is 11.6 Å². The summed E-state index contributed by atoms with van der Waals surface area (Å²) in [6.45, 7) is 2.24. The Labute approximate surface area is 99.6 Å². The quantitative estimate of drug-likeness (QED) is 0.372. The lowest BCUT2D eigenvalue weighted by Gasteiger charge is -2.01. The molecule has 0 saturated carbocycles. The fraction of sp³-hybridized carbons (Fsp3) is 0.923. The minimum absolute atomic E-state index is 0.330. The number of unbranched alkanes of at least 4 members (excludes halogenated alkanes) is 7. The molecule has 1 nitrogen and oxygen atoms in total. The van der Waals surface area contributed by atoms with E-state index in [1.54, 1.807) is 0 Å². The predicted molar refractivity (Wildman–Crippen MR) is 67.6 cm³/mol. The van der Waals surface area contributed by atoms with Crippen molar-refractivity contribution in [3.8, 4) is 0 Å². The molecule has 0 aliphatic heterocycles. The molecule has 0 saturated heterocycles. The maximum atomic E-state index is 11.1. The molecule has 90 valence electrons. The van der Waals surface area contributed by atoms with Gasteiger partial charge in [-0.2, -0.15) is 0 Å². The summed E-state index contributed by atoms with van der Waals surface area (Å²) in [4.78, 5) is 11.1. The molecular formula is C13H25ClO. The Morgan fingerprint density at radius 2 is 1.40 bits per heavy atom. The van der Waals surface area contributed by atoms with Gasteiger partial charge in [0.1, 0.15) is 5.78 Å². The summed E-state index contributed by atoms with van der Waals surface area (Å²) < 4.78 is 0. The zero-order valence-electron chi connectivity index (χ0n) is 10.1. The molecule has 0 N–H and O–H groups in total. The minimum atomic E-state index is 0.330. The summed E-state index contributed by atoms with van der Waals surface area (Å²) in [5.74, 6) is 0.812. The minimum Gasteiger partial charge on any atom is -0.300 e. The largest absolute Gasteiger partial charge is 0.300 e. The third-order valence-electron chi connectivity index (χ3n) is 2.68. The monoisotopic (exact) mass is 232 g/mol. The van der Waals surface area contributed by atoms with E-state index in [0.717, 1.165) is 12.8 Å². The first kappa shape index (κ1) is 15.0. The molecule has 0 fully saturated rings. The molecule has 0 rings (SSSR count). The zero-order valence-corrected chi connectivity index (χ0v) is 10.8. The lowest BCUT2D eigenvalue weighted by molar-refractivity contribution is -0.118. The molecule has 0 bridgehead atoms. The van der Waals surface area contributed by atoms with Crippen LogP contribution < -0.4 is 0 Å². The molecule has 0 amide bonds. The topological polar surface area (TPSA) is 17.1 Å². The predicted octanol–water partition coefficient (Wildman–Crippen LogP) is 4.72. The van der Waals surface area contributed by atoms with Crippen LogP contribution in [0.5, 0.6) is 0 Å². The lowest BCUT2D eigenvalue weighted by Crippen LogP contribution is -1.97. The Morgan fingerprint density at radius 1 is 0.867 bits per heavy atom. The van der Waals surface area contributed by atoms with Crippen molar-refractivity contribution >= 4 is 17.4 Å². The van der Waals surface area contributed by atoms with Crippen LogP contribution in [0.15, 0.2) is 0 Å². The molecule has 0 unspecified atom stereocenters. The number of halogens is 1. The van der Waals surface area contributed by atoms with E-state index >= 15 is 0 Å². The van der Waals surface area contributed by atoms with E-state index in [2.05, 4.69) is 6.92 Å². The second kappa shape index (κ2) is 12.0. The average molecular weight is 233 g/mol. The van der Waals surface area contributed by atoms with Crippen molar-refractivity contribution < 1.29 is 4.79 Å². The summed E-state index contributed by atoms with van der Waals surface area (Å²) in [6.07, 6.45) is 11.6. The zero-order chi connectivity index (χ0) is 11.4. The van der Waals surface area contributed by atoms with Gasteiger partial charge in [0, 0.05) is 18.7 Å². The van der Waals surface area contributed by atoms with Crippen LogP contribution in [0.3, 0.4) is 0 Å². The van der Waals surface area contributed by atoms with Crippen LogP contribution in [0.1, 0.15) is 71.1 Å². The van der Waals surface area contributed by atoms with E-state index in [1.807, 2.05) is 0 Å². The molecule has 0 spiro atoms. The van der Waals surface area contributed by atoms with Crippen LogP contribution in [0.25, 0.3) is 0 Å². The Morgan fingerprint density at radius 3 is 1.93 bits per heavy atom. The first-order valence-corrected chi connectivity index (χ1v) is 6.92. The molecule has 2 heteroatoms. The summed E-state index contributed by atoms with van der Waals surface area (Å²) in [5, 5.41) is 0. The van der Waals surface area contributed by atoms with Crippen molar-refractivity contribution in [2.45, 2.75) is 71.1 Å². The smallest absolute Gasteiger partial charge is 0.134 e. The van der Waals surface area contributed by atoms with E-state index in [9.17, 15) is 4.79 Å². The molecule has 0 aliphatic carbocycles. The number of carbonyl (C=O) groups is 1. The maximum Gasteiger partial charge on any atom is 0.134 e. The second-order valence-electron chi connectivity index (χ2n) is 4.20. The van der Waals surface area contributed by atoms with Crippen molar-refractivity contribution in [3.05, 3.63) is 0 Å². The van der Waals surface area contributed by atoms with Crippen molar-refractivity contribution in [1.29, 1.82) is 0 Å². The molecule has 0 atom stereocenters. The molecule has 0 heterocycles. The third-order valence-corrected chi connectivity index (χ3v) is 2.87. The molecule has 0 radical (unpaired) electrons. The fourth-order valence-corrected chi connectivity index (χ4v) is 1.90. The van der Waals surface area contributed by atoms with Gasteiger partial charge in [0.05, 0.1) is 0 Å².